The smallest absolute Gasteiger partial charge is 0.413 e. The van der Waals surface area contributed by atoms with Crippen LogP contribution in [0.4, 0.5) is 14.4 Å². The first-order valence-electron chi connectivity index (χ1n) is 17.3. The van der Waals surface area contributed by atoms with Gasteiger partial charge in [-0.3, -0.25) is 20.4 Å². The topological polar surface area (TPSA) is 165 Å². The van der Waals surface area contributed by atoms with Crippen molar-refractivity contribution in [3.05, 3.63) is 0 Å². The Bertz CT molecular complexity index is 1060. The van der Waals surface area contributed by atoms with Crippen molar-refractivity contribution in [3.8, 4) is 0 Å². The molecule has 3 saturated carbocycles. The second-order valence-electron chi connectivity index (χ2n) is 13.6. The number of hydrogen-bond donors (Lipinski definition) is 3. The zero-order valence-electron chi connectivity index (χ0n) is 27.6. The molecule has 258 valence electrons. The number of nitrogens with one attached hydrogen (secondary N) is 3. The predicted molar refractivity (Wildman–Crippen MR) is 170 cm³/mol. The summed E-state index contributed by atoms with van der Waals surface area (Å²) in [6.07, 6.45) is 14.9. The monoisotopic (exact) mass is 647 g/mol. The Kier molecular flexibility index (Phi) is 13.5. The number of likely N-dealkylation sites (tertiary alicyclic amines) is 1. The van der Waals surface area contributed by atoms with E-state index in [0.717, 1.165) is 88.4 Å². The van der Waals surface area contributed by atoms with Crippen LogP contribution in [0.1, 0.15) is 116 Å². The van der Waals surface area contributed by atoms with Gasteiger partial charge in [0.25, 0.3) is 0 Å². The van der Waals surface area contributed by atoms with Gasteiger partial charge in [-0.25, -0.2) is 24.1 Å². The third-order valence-corrected chi connectivity index (χ3v) is 10.1. The number of imide groups is 1. The normalized spacial score (nSPS) is 24.3. The molecule has 3 aliphatic carbocycles. The number of hydrogen-bond acceptors (Lipinski definition) is 9. The molecule has 4 fully saturated rings. The largest absolute Gasteiger partial charge is 0.467 e. The van der Waals surface area contributed by atoms with E-state index in [2.05, 4.69) is 20.9 Å². The van der Waals surface area contributed by atoms with Crippen LogP contribution in [-0.2, 0) is 23.8 Å². The number of carbonyl (C=O) groups is 5. The summed E-state index contributed by atoms with van der Waals surface area (Å²) < 4.78 is 15.8. The molecular weight excluding hydrogens is 594 g/mol. The van der Waals surface area contributed by atoms with E-state index in [1.54, 1.807) is 6.92 Å². The summed E-state index contributed by atoms with van der Waals surface area (Å²) in [6, 6.07) is -1.65. The number of methoxy groups -OCH3 is 1. The number of rotatable bonds is 10. The van der Waals surface area contributed by atoms with Crippen LogP contribution in [0.25, 0.3) is 0 Å². The third-order valence-electron chi connectivity index (χ3n) is 10.1. The van der Waals surface area contributed by atoms with Gasteiger partial charge in [-0.2, -0.15) is 0 Å². The van der Waals surface area contributed by atoms with E-state index in [-0.39, 0.29) is 25.0 Å². The Hall–Kier alpha value is -3.38. The van der Waals surface area contributed by atoms with Gasteiger partial charge in [-0.1, -0.05) is 57.8 Å². The molecule has 4 rings (SSSR count). The summed E-state index contributed by atoms with van der Waals surface area (Å²) in [7, 11) is 1.23. The van der Waals surface area contributed by atoms with Crippen molar-refractivity contribution in [1.29, 1.82) is 0 Å². The fourth-order valence-electron chi connectivity index (χ4n) is 7.26. The van der Waals surface area contributed by atoms with E-state index >= 15 is 0 Å². The van der Waals surface area contributed by atoms with Crippen LogP contribution in [0.15, 0.2) is 4.99 Å². The quantitative estimate of drug-likeness (QED) is 0.0730. The fraction of sp³-hybridized carbons (Fsp3) is 0.818. The van der Waals surface area contributed by atoms with Crippen molar-refractivity contribution in [2.24, 2.45) is 22.2 Å². The molecule has 13 heteroatoms. The number of ether oxygens (including phenoxy) is 3. The van der Waals surface area contributed by atoms with E-state index in [1.807, 2.05) is 0 Å². The second-order valence-corrected chi connectivity index (χ2v) is 13.6. The molecular formula is C33H53N5O8. The van der Waals surface area contributed by atoms with Crippen molar-refractivity contribution in [2.45, 2.75) is 128 Å². The number of nitrogens with zero attached hydrogens (tertiary/aromatic N) is 2. The summed E-state index contributed by atoms with van der Waals surface area (Å²) >= 11 is 0. The molecule has 2 atom stereocenters. The van der Waals surface area contributed by atoms with E-state index in [4.69, 9.17) is 14.2 Å². The fourth-order valence-corrected chi connectivity index (χ4v) is 7.26. The zero-order chi connectivity index (χ0) is 32.9. The molecule has 1 saturated heterocycles. The van der Waals surface area contributed by atoms with E-state index < -0.39 is 41.6 Å². The molecule has 0 aromatic heterocycles. The van der Waals surface area contributed by atoms with Gasteiger partial charge in [0.05, 0.1) is 25.7 Å². The van der Waals surface area contributed by atoms with Crippen LogP contribution >= 0.6 is 0 Å². The number of aliphatic imine (C=N–C) groups is 1. The molecule has 0 aromatic carbocycles. The SMILES string of the molecule is COC(=O)C1N(C(=O)NC2CCCCC2)C(=O)[C@@]1(C)CCCN=C(NC(=O)OCC1CCCCC1)NC(=O)OCC1CCCCC1. The maximum atomic E-state index is 13.3. The number of alkyl carbamates (subject to hydrolysis) is 2. The molecule has 1 unspecified atom stereocenters. The highest BCUT2D eigenvalue weighted by Gasteiger charge is 2.63. The van der Waals surface area contributed by atoms with Crippen LogP contribution < -0.4 is 16.0 Å². The average Bonchev–Trinajstić information content (AvgIpc) is 3.07. The lowest BCUT2D eigenvalue weighted by molar-refractivity contribution is -0.179. The summed E-state index contributed by atoms with van der Waals surface area (Å²) in [5, 5.41) is 7.97. The Morgan fingerprint density at radius 2 is 1.30 bits per heavy atom. The van der Waals surface area contributed by atoms with Crippen molar-refractivity contribution in [1.82, 2.24) is 20.9 Å². The second kappa shape index (κ2) is 17.5. The molecule has 3 N–H and O–H groups in total. The van der Waals surface area contributed by atoms with Gasteiger partial charge in [0.2, 0.25) is 11.9 Å². The Morgan fingerprint density at radius 1 is 0.804 bits per heavy atom. The van der Waals surface area contributed by atoms with E-state index in [0.29, 0.717) is 31.5 Å². The predicted octanol–water partition coefficient (Wildman–Crippen LogP) is 5.17. The van der Waals surface area contributed by atoms with Crippen molar-refractivity contribution in [2.75, 3.05) is 26.9 Å². The summed E-state index contributed by atoms with van der Waals surface area (Å²) in [5.74, 6) is -0.572. The molecule has 13 nitrogen and oxygen atoms in total. The highest BCUT2D eigenvalue weighted by molar-refractivity contribution is 6.10. The average molecular weight is 648 g/mol. The van der Waals surface area contributed by atoms with Crippen LogP contribution in [0.2, 0.25) is 0 Å². The van der Waals surface area contributed by atoms with Crippen molar-refractivity contribution >= 4 is 36.1 Å². The maximum Gasteiger partial charge on any atom is 0.413 e. The number of carbonyl (C=O) groups excluding carboxylic acids is 5. The lowest BCUT2D eigenvalue weighted by atomic mass is 9.69. The van der Waals surface area contributed by atoms with Gasteiger partial charge in [-0.15, -0.1) is 0 Å². The van der Waals surface area contributed by atoms with Gasteiger partial charge in [0.1, 0.15) is 0 Å². The summed E-state index contributed by atoms with van der Waals surface area (Å²) in [6.45, 7) is 2.36. The zero-order valence-corrected chi connectivity index (χ0v) is 27.6. The molecule has 5 amide bonds. The molecule has 1 heterocycles. The van der Waals surface area contributed by atoms with Gasteiger partial charge < -0.3 is 19.5 Å². The Labute approximate surface area is 272 Å². The number of β-lactam (4-membered cyclic amide) rings is 1. The molecule has 0 bridgehead atoms. The molecule has 0 aromatic rings. The number of amides is 5. The maximum absolute atomic E-state index is 13.3. The first-order valence-corrected chi connectivity index (χ1v) is 17.3. The van der Waals surface area contributed by atoms with Crippen LogP contribution in [0, 0.1) is 17.3 Å². The number of urea groups is 1. The number of guanidine groups is 1. The first kappa shape index (κ1) is 35.5. The molecule has 4 aliphatic rings. The lowest BCUT2D eigenvalue weighted by Gasteiger charge is -2.51. The van der Waals surface area contributed by atoms with Gasteiger partial charge in [-0.05, 0) is 70.1 Å². The molecule has 0 radical (unpaired) electrons. The highest BCUT2D eigenvalue weighted by Crippen LogP contribution is 2.44. The first-order chi connectivity index (χ1) is 22.2. The minimum atomic E-state index is -1.16. The van der Waals surface area contributed by atoms with E-state index in [1.165, 1.54) is 20.0 Å². The number of esters is 1. The van der Waals surface area contributed by atoms with Crippen LogP contribution in [0.3, 0.4) is 0 Å². The standard InChI is InChI=1S/C33H53N5O8/c1-33(26(27(39)44-2)38(28(33)40)30(41)35-25-17-10-5-11-18-25)19-12-20-34-29(36-31(42)45-21-23-13-6-3-7-14-23)37-32(43)46-22-24-15-8-4-9-16-24/h23-26H,3-22H2,1-2H3,(H,35,41)(H2,34,36,37,42,43)/t26?,33-/m0/s1. The molecule has 1 aliphatic heterocycles. The van der Waals surface area contributed by atoms with Crippen molar-refractivity contribution in [3.63, 3.8) is 0 Å². The minimum Gasteiger partial charge on any atom is -0.467 e. The Balaban J connectivity index is 1.33. The lowest BCUT2D eigenvalue weighted by Crippen LogP contribution is -2.74. The van der Waals surface area contributed by atoms with Crippen LogP contribution in [0.5, 0.6) is 0 Å². The van der Waals surface area contributed by atoms with E-state index in [9.17, 15) is 24.0 Å². The van der Waals surface area contributed by atoms with Gasteiger partial charge in [0.15, 0.2) is 6.04 Å². The highest BCUT2D eigenvalue weighted by atomic mass is 16.6. The summed E-state index contributed by atoms with van der Waals surface area (Å²) in [5.41, 5.74) is -1.16. The summed E-state index contributed by atoms with van der Waals surface area (Å²) in [4.78, 5) is 69.7. The van der Waals surface area contributed by atoms with Gasteiger partial charge >= 0.3 is 24.2 Å². The van der Waals surface area contributed by atoms with Crippen molar-refractivity contribution < 1.29 is 38.2 Å². The van der Waals surface area contributed by atoms with Gasteiger partial charge in [0, 0.05) is 12.6 Å². The third kappa shape index (κ3) is 9.81. The Morgan fingerprint density at radius 3 is 1.80 bits per heavy atom. The minimum absolute atomic E-state index is 0.0179. The molecule has 0 spiro atoms. The molecule has 46 heavy (non-hydrogen) atoms. The van der Waals surface area contributed by atoms with Crippen LogP contribution in [-0.4, -0.2) is 79.9 Å².